The number of ether oxygens (including phenoxy) is 1. The number of nitrogens with one attached hydrogen (secondary N) is 4. The number of aryl methyl sites for hydroxylation is 1. The molecular weight excluding hydrogens is 614 g/mol. The van der Waals surface area contributed by atoms with Gasteiger partial charge in [0.15, 0.2) is 0 Å². The van der Waals surface area contributed by atoms with Crippen LogP contribution in [0.2, 0.25) is 0 Å². The van der Waals surface area contributed by atoms with Crippen LogP contribution in [-0.4, -0.2) is 45.4 Å². The highest BCUT2D eigenvalue weighted by Gasteiger charge is 2.21. The Morgan fingerprint density at radius 1 is 0.723 bits per heavy atom. The molecule has 2 amide bonds. The third-order valence-corrected chi connectivity index (χ3v) is 8.60. The molecule has 0 saturated carbocycles. The molecule has 0 aliphatic rings. The van der Waals surface area contributed by atoms with E-state index in [1.54, 1.807) is 79.0 Å². The maximum absolute atomic E-state index is 13.6. The summed E-state index contributed by atoms with van der Waals surface area (Å²) in [6, 6.07) is 31.5. The average molecular weight is 650 g/mol. The molecule has 5 aromatic rings. The number of sulfonamides is 1. The lowest BCUT2D eigenvalue weighted by molar-refractivity contribution is 0.0944. The number of benzene rings is 4. The van der Waals surface area contributed by atoms with Crippen molar-refractivity contribution in [2.45, 2.75) is 18.4 Å². The molecule has 0 saturated heterocycles. The Labute approximate surface area is 274 Å². The Balaban J connectivity index is 1.25. The molecule has 0 aliphatic carbocycles. The third kappa shape index (κ3) is 8.74. The van der Waals surface area contributed by atoms with Crippen LogP contribution in [0.4, 0.5) is 11.4 Å². The first-order chi connectivity index (χ1) is 22.7. The lowest BCUT2D eigenvalue weighted by atomic mass is 10.0. The molecule has 10 nitrogen and oxygen atoms in total. The van der Waals surface area contributed by atoms with E-state index in [9.17, 15) is 18.0 Å². The lowest BCUT2D eigenvalue weighted by Gasteiger charge is -2.15. The van der Waals surface area contributed by atoms with Crippen LogP contribution in [0.25, 0.3) is 11.1 Å². The van der Waals surface area contributed by atoms with E-state index in [2.05, 4.69) is 25.7 Å². The third-order valence-electron chi connectivity index (χ3n) is 7.20. The highest BCUT2D eigenvalue weighted by atomic mass is 32.2. The van der Waals surface area contributed by atoms with Crippen molar-refractivity contribution in [3.8, 4) is 16.9 Å². The summed E-state index contributed by atoms with van der Waals surface area (Å²) in [6.45, 7) is 3.02. The van der Waals surface area contributed by atoms with Crippen LogP contribution < -0.4 is 25.4 Å². The Morgan fingerprint density at radius 2 is 1.45 bits per heavy atom. The van der Waals surface area contributed by atoms with Gasteiger partial charge in [0.2, 0.25) is 0 Å². The zero-order valence-corrected chi connectivity index (χ0v) is 26.8. The number of hydrogen-bond donors (Lipinski definition) is 4. The van der Waals surface area contributed by atoms with Crippen LogP contribution in [0, 0.1) is 6.92 Å². The van der Waals surface area contributed by atoms with Gasteiger partial charge in [0.1, 0.15) is 10.6 Å². The fraction of sp³-hybridized carbons (Fsp3) is 0.139. The summed E-state index contributed by atoms with van der Waals surface area (Å²) in [5, 5.41) is 8.94. The number of hydrogen-bond acceptors (Lipinski definition) is 7. The summed E-state index contributed by atoms with van der Waals surface area (Å²) in [7, 11) is -2.68. The molecule has 0 atom stereocenters. The van der Waals surface area contributed by atoms with Crippen LogP contribution >= 0.6 is 0 Å². The number of amides is 2. The van der Waals surface area contributed by atoms with E-state index in [1.165, 1.54) is 13.2 Å². The van der Waals surface area contributed by atoms with Gasteiger partial charge in [0, 0.05) is 36.1 Å². The Hall–Kier alpha value is -5.68. The van der Waals surface area contributed by atoms with Crippen LogP contribution in [0.1, 0.15) is 32.0 Å². The van der Waals surface area contributed by atoms with Gasteiger partial charge in [-0.15, -0.1) is 0 Å². The van der Waals surface area contributed by atoms with Crippen LogP contribution in [-0.2, 0) is 16.6 Å². The molecule has 4 N–H and O–H groups in total. The van der Waals surface area contributed by atoms with Crippen LogP contribution in [0.15, 0.2) is 120 Å². The minimum absolute atomic E-state index is 0.0558. The monoisotopic (exact) mass is 649 g/mol. The van der Waals surface area contributed by atoms with Crippen molar-refractivity contribution in [3.05, 3.63) is 138 Å². The Bertz CT molecular complexity index is 1980. The van der Waals surface area contributed by atoms with Gasteiger partial charge < -0.3 is 20.7 Å². The molecule has 47 heavy (non-hydrogen) atoms. The van der Waals surface area contributed by atoms with Crippen molar-refractivity contribution in [2.24, 2.45) is 0 Å². The van der Waals surface area contributed by atoms with Gasteiger partial charge in [-0.1, -0.05) is 48.0 Å². The Kier molecular flexibility index (Phi) is 10.5. The van der Waals surface area contributed by atoms with Crippen molar-refractivity contribution in [1.29, 1.82) is 0 Å². The van der Waals surface area contributed by atoms with E-state index in [0.717, 1.165) is 11.3 Å². The number of carbonyl (C=O) groups excluding carboxylic acids is 2. The molecule has 1 aromatic heterocycles. The van der Waals surface area contributed by atoms with Gasteiger partial charge >= 0.3 is 0 Å². The van der Waals surface area contributed by atoms with E-state index in [-0.39, 0.29) is 29.0 Å². The highest BCUT2D eigenvalue weighted by molar-refractivity contribution is 7.92. The van der Waals surface area contributed by atoms with Crippen molar-refractivity contribution < 1.29 is 22.7 Å². The number of nitrogens with zero attached hydrogens (tertiary/aromatic N) is 1. The van der Waals surface area contributed by atoms with E-state index < -0.39 is 10.0 Å². The summed E-state index contributed by atoms with van der Waals surface area (Å²) in [5.41, 5.74) is 5.03. The number of anilines is 2. The second kappa shape index (κ2) is 15.1. The first-order valence-corrected chi connectivity index (χ1v) is 16.4. The van der Waals surface area contributed by atoms with Gasteiger partial charge in [-0.25, -0.2) is 8.42 Å². The first kappa shape index (κ1) is 32.7. The average Bonchev–Trinajstić information content (AvgIpc) is 3.09. The van der Waals surface area contributed by atoms with Crippen molar-refractivity contribution in [2.75, 3.05) is 30.2 Å². The van der Waals surface area contributed by atoms with Crippen molar-refractivity contribution >= 4 is 33.2 Å². The largest absolute Gasteiger partial charge is 0.495 e. The van der Waals surface area contributed by atoms with Gasteiger partial charge in [-0.05, 0) is 84.8 Å². The second-order valence-electron chi connectivity index (χ2n) is 10.7. The van der Waals surface area contributed by atoms with Gasteiger partial charge in [-0.3, -0.25) is 19.3 Å². The van der Waals surface area contributed by atoms with E-state index >= 15 is 0 Å². The molecule has 0 unspecified atom stereocenters. The topological polar surface area (TPSA) is 139 Å². The molecule has 0 aliphatic heterocycles. The van der Waals surface area contributed by atoms with Gasteiger partial charge in [-0.2, -0.15) is 0 Å². The minimum Gasteiger partial charge on any atom is -0.495 e. The predicted octanol–water partition coefficient (Wildman–Crippen LogP) is 5.64. The maximum Gasteiger partial charge on any atom is 0.265 e. The summed E-state index contributed by atoms with van der Waals surface area (Å²) in [5.74, 6) is -0.268. The summed E-state index contributed by atoms with van der Waals surface area (Å²) in [4.78, 5) is 29.4. The first-order valence-electron chi connectivity index (χ1n) is 14.9. The molecular formula is C36H35N5O5S. The fourth-order valence-corrected chi connectivity index (χ4v) is 6.10. The molecule has 5 rings (SSSR count). The zero-order chi connectivity index (χ0) is 33.2. The molecule has 0 bridgehead atoms. The number of methoxy groups -OCH3 is 1. The standard InChI is InChI=1S/C36H35N5O5S/c1-25-8-5-10-28(20-25)35(42)39-19-18-38-30-13-7-14-31(23-30)41-47(44,45)34-22-27(15-16-33(34)46-2)26-9-6-11-29(21-26)36(43)40-24-32-12-3-4-17-37-32/h3-17,20-23,38,41H,18-19,24H2,1-2H3,(H,39,42)(H,40,43). The van der Waals surface area contributed by atoms with Gasteiger partial charge in [0.25, 0.3) is 21.8 Å². The number of carbonyl (C=O) groups is 2. The van der Waals surface area contributed by atoms with Gasteiger partial charge in [0.05, 0.1) is 25.0 Å². The van der Waals surface area contributed by atoms with Crippen LogP contribution in [0.3, 0.4) is 0 Å². The molecule has 0 fully saturated rings. The molecule has 4 aromatic carbocycles. The number of rotatable bonds is 13. The second-order valence-corrected chi connectivity index (χ2v) is 12.3. The summed E-state index contributed by atoms with van der Waals surface area (Å²) < 4.78 is 35.3. The minimum atomic E-state index is -4.09. The number of pyridine rings is 1. The molecule has 11 heteroatoms. The maximum atomic E-state index is 13.6. The van der Waals surface area contributed by atoms with E-state index in [4.69, 9.17) is 4.74 Å². The Morgan fingerprint density at radius 3 is 2.21 bits per heavy atom. The highest BCUT2D eigenvalue weighted by Crippen LogP contribution is 2.32. The fourth-order valence-electron chi connectivity index (χ4n) is 4.86. The quantitative estimate of drug-likeness (QED) is 0.121. The zero-order valence-electron chi connectivity index (χ0n) is 26.0. The molecule has 240 valence electrons. The molecule has 0 spiro atoms. The van der Waals surface area contributed by atoms with E-state index in [0.29, 0.717) is 46.7 Å². The van der Waals surface area contributed by atoms with Crippen molar-refractivity contribution in [1.82, 2.24) is 15.6 Å². The van der Waals surface area contributed by atoms with Crippen molar-refractivity contribution in [3.63, 3.8) is 0 Å². The molecule has 1 heterocycles. The summed E-state index contributed by atoms with van der Waals surface area (Å²) >= 11 is 0. The normalized spacial score (nSPS) is 10.9. The molecule has 0 radical (unpaired) electrons. The smallest absolute Gasteiger partial charge is 0.265 e. The SMILES string of the molecule is COc1ccc(-c2cccc(C(=O)NCc3ccccn3)c2)cc1S(=O)(=O)Nc1cccc(NCCNC(=O)c2cccc(C)c2)c1. The summed E-state index contributed by atoms with van der Waals surface area (Å²) in [6.07, 6.45) is 1.66. The lowest BCUT2D eigenvalue weighted by Crippen LogP contribution is -2.28. The number of aromatic nitrogens is 1. The van der Waals surface area contributed by atoms with Crippen LogP contribution in [0.5, 0.6) is 5.75 Å². The predicted molar refractivity (Wildman–Crippen MR) is 183 cm³/mol. The van der Waals surface area contributed by atoms with E-state index in [1.807, 2.05) is 37.3 Å².